The number of H-pyrrole nitrogens is 1. The van der Waals surface area contributed by atoms with Crippen molar-refractivity contribution in [2.75, 3.05) is 12.4 Å². The fourth-order valence-electron chi connectivity index (χ4n) is 2.60. The summed E-state index contributed by atoms with van der Waals surface area (Å²) in [5.74, 6) is 0.855. The van der Waals surface area contributed by atoms with Crippen LogP contribution in [0.1, 0.15) is 23.0 Å². The Morgan fingerprint density at radius 2 is 1.96 bits per heavy atom. The Morgan fingerprint density at radius 1 is 1.13 bits per heavy atom. The van der Waals surface area contributed by atoms with Gasteiger partial charge in [-0.2, -0.15) is 0 Å². The minimum Gasteiger partial charge on any atom is -0.497 e. The first-order valence-electron chi connectivity index (χ1n) is 7.45. The molecule has 0 saturated carbocycles. The predicted molar refractivity (Wildman–Crippen MR) is 91.5 cm³/mol. The summed E-state index contributed by atoms with van der Waals surface area (Å²) in [6.07, 6.45) is 0. The molecule has 1 aromatic heterocycles. The van der Waals surface area contributed by atoms with E-state index in [1.54, 1.807) is 14.0 Å². The van der Waals surface area contributed by atoms with Gasteiger partial charge in [-0.3, -0.25) is 4.79 Å². The van der Waals surface area contributed by atoms with Crippen LogP contribution in [0.25, 0.3) is 10.9 Å². The van der Waals surface area contributed by atoms with E-state index in [9.17, 15) is 4.79 Å². The summed E-state index contributed by atoms with van der Waals surface area (Å²) in [5.41, 5.74) is 4.61. The summed E-state index contributed by atoms with van der Waals surface area (Å²) in [4.78, 5) is 14.9. The number of pyridine rings is 1. The molecule has 4 heteroatoms. The lowest BCUT2D eigenvalue weighted by Gasteiger charge is -2.10. The molecule has 3 aromatic rings. The van der Waals surface area contributed by atoms with E-state index in [0.717, 1.165) is 33.7 Å². The molecule has 3 rings (SSSR count). The van der Waals surface area contributed by atoms with Gasteiger partial charge in [-0.1, -0.05) is 12.1 Å². The molecule has 0 radical (unpaired) electrons. The molecule has 0 fully saturated rings. The van der Waals surface area contributed by atoms with Crippen molar-refractivity contribution in [3.8, 4) is 5.75 Å². The third-order valence-corrected chi connectivity index (χ3v) is 3.76. The maximum absolute atomic E-state index is 11.6. The molecule has 4 nitrogen and oxygen atoms in total. The minimum absolute atomic E-state index is 0.0535. The number of anilines is 2. The number of nitrogens with one attached hydrogen (secondary N) is 2. The van der Waals surface area contributed by atoms with E-state index in [-0.39, 0.29) is 5.78 Å². The number of carbonyl (C=O) groups excluding carboxylic acids is 1. The van der Waals surface area contributed by atoms with Crippen molar-refractivity contribution in [2.24, 2.45) is 0 Å². The van der Waals surface area contributed by atoms with Crippen LogP contribution in [0.4, 0.5) is 11.4 Å². The van der Waals surface area contributed by atoms with E-state index < -0.39 is 0 Å². The lowest BCUT2D eigenvalue weighted by molar-refractivity contribution is -0.354. The van der Waals surface area contributed by atoms with Gasteiger partial charge in [0, 0.05) is 30.3 Å². The topological polar surface area (TPSA) is 52.5 Å². The molecule has 0 amide bonds. The summed E-state index contributed by atoms with van der Waals surface area (Å²) >= 11 is 0. The summed E-state index contributed by atoms with van der Waals surface area (Å²) in [7, 11) is 1.66. The Hall–Kier alpha value is -2.88. The first-order chi connectivity index (χ1) is 11.1. The number of ketones is 1. The van der Waals surface area contributed by atoms with E-state index in [2.05, 4.69) is 10.3 Å². The first kappa shape index (κ1) is 15.0. The summed E-state index contributed by atoms with van der Waals surface area (Å²) < 4.78 is 5.32. The van der Waals surface area contributed by atoms with E-state index in [4.69, 9.17) is 4.74 Å². The maximum atomic E-state index is 11.6. The van der Waals surface area contributed by atoms with Gasteiger partial charge in [0.15, 0.2) is 11.5 Å². The molecule has 0 bridgehead atoms. The number of Topliss-reactive ketones (excluding diaryl/α,β-unsaturated/α-hetero) is 1. The van der Waals surface area contributed by atoms with Gasteiger partial charge < -0.3 is 10.1 Å². The van der Waals surface area contributed by atoms with Crippen molar-refractivity contribution >= 4 is 28.1 Å². The summed E-state index contributed by atoms with van der Waals surface area (Å²) in [6, 6.07) is 15.5. The molecule has 0 aliphatic carbocycles. The lowest BCUT2D eigenvalue weighted by atomic mass is 10.1. The number of benzene rings is 2. The third kappa shape index (κ3) is 3.16. The Labute approximate surface area is 135 Å². The van der Waals surface area contributed by atoms with Crippen LogP contribution in [-0.2, 0) is 0 Å². The molecule has 0 spiro atoms. The number of fused-ring (bicyclic) bond motifs is 1. The van der Waals surface area contributed by atoms with Crippen LogP contribution >= 0.6 is 0 Å². The van der Waals surface area contributed by atoms with Crippen molar-refractivity contribution in [1.82, 2.24) is 0 Å². The number of rotatable bonds is 4. The smallest absolute Gasteiger partial charge is 0.213 e. The number of hydrogen-bond acceptors (Lipinski definition) is 3. The molecule has 0 saturated heterocycles. The number of aryl methyl sites for hydroxylation is 1. The van der Waals surface area contributed by atoms with Crippen LogP contribution in [0.3, 0.4) is 0 Å². The van der Waals surface area contributed by atoms with Crippen LogP contribution in [0.5, 0.6) is 5.75 Å². The van der Waals surface area contributed by atoms with Gasteiger partial charge in [0.25, 0.3) is 0 Å². The van der Waals surface area contributed by atoms with Crippen LogP contribution in [0.2, 0.25) is 0 Å². The monoisotopic (exact) mass is 307 g/mol. The van der Waals surface area contributed by atoms with Gasteiger partial charge in [0.2, 0.25) is 5.52 Å². The zero-order chi connectivity index (χ0) is 16.4. The quantitative estimate of drug-likeness (QED) is 0.743. The molecule has 0 unspecified atom stereocenters. The molecule has 116 valence electrons. The average Bonchev–Trinajstić information content (AvgIpc) is 2.54. The zero-order valence-electron chi connectivity index (χ0n) is 13.4. The Bertz CT molecular complexity index is 888. The average molecular weight is 307 g/mol. The number of carbonyl (C=O) groups is 1. The Kier molecular flexibility index (Phi) is 3.98. The fraction of sp³-hybridized carbons (Fsp3) is 0.158. The molecule has 0 atom stereocenters. The predicted octanol–water partition coefficient (Wildman–Crippen LogP) is 3.92. The van der Waals surface area contributed by atoms with Gasteiger partial charge >= 0.3 is 0 Å². The second kappa shape index (κ2) is 6.08. The summed E-state index contributed by atoms with van der Waals surface area (Å²) in [6.45, 7) is 3.59. The number of methoxy groups -OCH3 is 1. The number of aromatic nitrogens is 1. The Morgan fingerprint density at radius 3 is 2.70 bits per heavy atom. The van der Waals surface area contributed by atoms with E-state index in [1.807, 2.05) is 55.5 Å². The maximum Gasteiger partial charge on any atom is 0.213 e. The lowest BCUT2D eigenvalue weighted by Crippen LogP contribution is -2.10. The Balaban J connectivity index is 2.08. The van der Waals surface area contributed by atoms with Crippen LogP contribution < -0.4 is 15.0 Å². The van der Waals surface area contributed by atoms with Gasteiger partial charge in [-0.05, 0) is 31.2 Å². The zero-order valence-corrected chi connectivity index (χ0v) is 13.4. The fourth-order valence-corrected chi connectivity index (χ4v) is 2.60. The molecule has 2 N–H and O–H groups in total. The first-order valence-corrected chi connectivity index (χ1v) is 7.45. The second-order valence-electron chi connectivity index (χ2n) is 5.54. The second-order valence-corrected chi connectivity index (χ2v) is 5.54. The van der Waals surface area contributed by atoms with E-state index in [0.29, 0.717) is 5.56 Å². The molecule has 23 heavy (non-hydrogen) atoms. The normalized spacial score (nSPS) is 10.6. The van der Waals surface area contributed by atoms with E-state index in [1.165, 1.54) is 0 Å². The van der Waals surface area contributed by atoms with Crippen molar-refractivity contribution in [3.05, 3.63) is 59.8 Å². The van der Waals surface area contributed by atoms with E-state index >= 15 is 0 Å². The van der Waals surface area contributed by atoms with Crippen molar-refractivity contribution < 1.29 is 14.5 Å². The standard InChI is InChI=1S/C19H18N2O2/c1-12-9-19(17-11-16(23-3)7-8-18(17)20-12)21-15-6-4-5-14(10-15)13(2)22/h4-11H,1-3H3,(H,20,21)/p+1. The van der Waals surface area contributed by atoms with Crippen LogP contribution in [0, 0.1) is 6.92 Å². The SMILES string of the molecule is COc1ccc2[nH+]c(C)cc(Nc3cccc(C(C)=O)c3)c2c1. The highest BCUT2D eigenvalue weighted by molar-refractivity contribution is 5.96. The number of ether oxygens (including phenoxy) is 1. The van der Waals surface area contributed by atoms with Crippen molar-refractivity contribution in [1.29, 1.82) is 0 Å². The highest BCUT2D eigenvalue weighted by Crippen LogP contribution is 2.28. The van der Waals surface area contributed by atoms with Gasteiger partial charge in [-0.15, -0.1) is 0 Å². The van der Waals surface area contributed by atoms with Gasteiger partial charge in [0.05, 0.1) is 18.2 Å². The number of aromatic amines is 1. The largest absolute Gasteiger partial charge is 0.497 e. The molecule has 1 heterocycles. The van der Waals surface area contributed by atoms with Crippen LogP contribution in [-0.4, -0.2) is 12.9 Å². The molecular weight excluding hydrogens is 288 g/mol. The highest BCUT2D eigenvalue weighted by Gasteiger charge is 2.11. The van der Waals surface area contributed by atoms with Crippen molar-refractivity contribution in [3.63, 3.8) is 0 Å². The third-order valence-electron chi connectivity index (χ3n) is 3.76. The highest BCUT2D eigenvalue weighted by atomic mass is 16.5. The molecule has 0 aliphatic heterocycles. The van der Waals surface area contributed by atoms with Gasteiger partial charge in [-0.25, -0.2) is 4.98 Å². The van der Waals surface area contributed by atoms with Gasteiger partial charge in [0.1, 0.15) is 5.75 Å². The molecular formula is C19H19N2O2+. The number of hydrogen-bond donors (Lipinski definition) is 1. The molecule has 0 aliphatic rings. The molecule has 2 aromatic carbocycles. The summed E-state index contributed by atoms with van der Waals surface area (Å²) in [5, 5.41) is 4.44. The minimum atomic E-state index is 0.0535. The van der Waals surface area contributed by atoms with Crippen molar-refractivity contribution in [2.45, 2.75) is 13.8 Å². The van der Waals surface area contributed by atoms with Crippen LogP contribution in [0.15, 0.2) is 48.5 Å².